The summed E-state index contributed by atoms with van der Waals surface area (Å²) >= 11 is 5.18. The van der Waals surface area contributed by atoms with Gasteiger partial charge in [-0.3, -0.25) is 10.1 Å². The highest BCUT2D eigenvalue weighted by Crippen LogP contribution is 1.70. The van der Waals surface area contributed by atoms with E-state index in [2.05, 4.69) is 10.1 Å². The van der Waals surface area contributed by atoms with Crippen LogP contribution in [0.2, 0.25) is 0 Å². The molecule has 8 heavy (non-hydrogen) atoms. The van der Waals surface area contributed by atoms with Crippen molar-refractivity contribution >= 4 is 17.6 Å². The van der Waals surface area contributed by atoms with Gasteiger partial charge >= 0.3 is 5.97 Å². The van der Waals surface area contributed by atoms with Crippen molar-refractivity contribution < 1.29 is 9.53 Å². The quantitative estimate of drug-likeness (QED) is 0.337. The second-order valence-electron chi connectivity index (χ2n) is 1.14. The van der Waals surface area contributed by atoms with Gasteiger partial charge in [-0.15, -0.1) is 11.6 Å². The molecule has 48 valence electrons. The molecule has 0 saturated heterocycles. The van der Waals surface area contributed by atoms with Gasteiger partial charge in [-0.05, 0) is 0 Å². The summed E-state index contributed by atoms with van der Waals surface area (Å²) < 4.78 is 4.29. The summed E-state index contributed by atoms with van der Waals surface area (Å²) in [5.74, 6) is -0.300. The van der Waals surface area contributed by atoms with Gasteiger partial charge in [0.15, 0.2) is 0 Å². The lowest BCUT2D eigenvalue weighted by Crippen LogP contribution is -2.22. The van der Waals surface area contributed by atoms with Gasteiger partial charge in [0, 0.05) is 0 Å². The Morgan fingerprint density at radius 3 is 2.88 bits per heavy atom. The third-order valence-corrected chi connectivity index (χ3v) is 0.780. The smallest absolute Gasteiger partial charge is 0.319 e. The Labute approximate surface area is 53.0 Å². The number of rotatable bonds is 3. The summed E-state index contributed by atoms with van der Waals surface area (Å²) in [6.45, 7) is 0.181. The number of halogens is 1. The molecule has 0 bridgehead atoms. The van der Waals surface area contributed by atoms with E-state index in [1.165, 1.54) is 7.11 Å². The normalized spacial score (nSPS) is 8.75. The number of esters is 1. The average Bonchev–Trinajstić information content (AvgIpc) is 1.83. The molecule has 0 spiro atoms. The number of carbonyl (C=O) groups excluding carboxylic acids is 1. The summed E-state index contributed by atoms with van der Waals surface area (Å²) in [4.78, 5) is 10.2. The first-order valence-corrected chi connectivity index (χ1v) is 2.68. The van der Waals surface area contributed by atoms with E-state index in [1.54, 1.807) is 0 Å². The number of hydrogen-bond acceptors (Lipinski definition) is 3. The van der Waals surface area contributed by atoms with E-state index in [-0.39, 0.29) is 18.5 Å². The van der Waals surface area contributed by atoms with Gasteiger partial charge in [-0.2, -0.15) is 0 Å². The molecule has 0 aromatic heterocycles. The van der Waals surface area contributed by atoms with Crippen molar-refractivity contribution in [3.05, 3.63) is 0 Å². The first kappa shape index (κ1) is 7.72. The molecule has 0 atom stereocenters. The highest BCUT2D eigenvalue weighted by Gasteiger charge is 1.94. The Morgan fingerprint density at radius 2 is 2.50 bits per heavy atom. The molecule has 3 nitrogen and oxygen atoms in total. The molecular formula is C4H8ClNO2. The van der Waals surface area contributed by atoms with Gasteiger partial charge in [0.25, 0.3) is 0 Å². The lowest BCUT2D eigenvalue weighted by atomic mass is 10.7. The molecule has 1 N–H and O–H groups in total. The number of methoxy groups -OCH3 is 1. The minimum atomic E-state index is -0.300. The van der Waals surface area contributed by atoms with Gasteiger partial charge in [0.2, 0.25) is 0 Å². The molecule has 0 aliphatic carbocycles. The Kier molecular flexibility index (Phi) is 4.70. The predicted molar refractivity (Wildman–Crippen MR) is 30.7 cm³/mol. The molecule has 0 amide bonds. The van der Waals surface area contributed by atoms with Crippen LogP contribution in [0, 0.1) is 0 Å². The van der Waals surface area contributed by atoms with E-state index in [4.69, 9.17) is 11.6 Å². The van der Waals surface area contributed by atoms with Crippen LogP contribution in [0.5, 0.6) is 0 Å². The zero-order valence-electron chi connectivity index (χ0n) is 4.61. The summed E-state index contributed by atoms with van der Waals surface area (Å²) in [6.07, 6.45) is 0. The molecule has 0 aliphatic rings. The Balaban J connectivity index is 2.99. The maximum Gasteiger partial charge on any atom is 0.319 e. The van der Waals surface area contributed by atoms with Crippen LogP contribution in [0.15, 0.2) is 0 Å². The largest absolute Gasteiger partial charge is 0.468 e. The topological polar surface area (TPSA) is 38.3 Å². The first-order valence-electron chi connectivity index (χ1n) is 2.14. The van der Waals surface area contributed by atoms with Gasteiger partial charge < -0.3 is 4.74 Å². The van der Waals surface area contributed by atoms with Crippen LogP contribution in [0.4, 0.5) is 0 Å². The minimum absolute atomic E-state index is 0.181. The first-order chi connectivity index (χ1) is 3.81. The van der Waals surface area contributed by atoms with Crippen LogP contribution >= 0.6 is 11.6 Å². The van der Waals surface area contributed by atoms with Gasteiger partial charge in [0.05, 0.1) is 19.7 Å². The molecule has 0 saturated carbocycles. The fraction of sp³-hybridized carbons (Fsp3) is 0.750. The van der Waals surface area contributed by atoms with E-state index in [0.717, 1.165) is 0 Å². The van der Waals surface area contributed by atoms with Gasteiger partial charge in [-0.1, -0.05) is 0 Å². The fourth-order valence-electron chi connectivity index (χ4n) is 0.221. The lowest BCUT2D eigenvalue weighted by molar-refractivity contribution is -0.139. The molecule has 0 radical (unpaired) electrons. The Bertz CT molecular complexity index is 76.4. The molecule has 4 heteroatoms. The molecule has 0 aliphatic heterocycles. The second-order valence-corrected chi connectivity index (χ2v) is 1.40. The third kappa shape index (κ3) is 3.89. The van der Waals surface area contributed by atoms with Crippen LogP contribution < -0.4 is 5.32 Å². The number of nitrogens with one attached hydrogen (secondary N) is 1. The SMILES string of the molecule is COC(=O)CNCCl. The highest BCUT2D eigenvalue weighted by molar-refractivity contribution is 6.17. The van der Waals surface area contributed by atoms with Crippen LogP contribution in [-0.4, -0.2) is 25.6 Å². The fourth-order valence-corrected chi connectivity index (χ4v) is 0.316. The van der Waals surface area contributed by atoms with E-state index in [1.807, 2.05) is 0 Å². The van der Waals surface area contributed by atoms with Crippen molar-refractivity contribution in [3.8, 4) is 0 Å². The number of ether oxygens (including phenoxy) is 1. The van der Waals surface area contributed by atoms with Crippen LogP contribution in [0.1, 0.15) is 0 Å². The second kappa shape index (κ2) is 4.87. The summed E-state index contributed by atoms with van der Waals surface area (Å²) in [5.41, 5.74) is 0. The van der Waals surface area contributed by atoms with Crippen molar-refractivity contribution in [2.75, 3.05) is 19.7 Å². The van der Waals surface area contributed by atoms with E-state index in [0.29, 0.717) is 0 Å². The molecular weight excluding hydrogens is 130 g/mol. The zero-order chi connectivity index (χ0) is 6.41. The number of alkyl halides is 1. The van der Waals surface area contributed by atoms with E-state index >= 15 is 0 Å². The van der Waals surface area contributed by atoms with Gasteiger partial charge in [0.1, 0.15) is 0 Å². The number of carbonyl (C=O) groups is 1. The van der Waals surface area contributed by atoms with Gasteiger partial charge in [-0.25, -0.2) is 0 Å². The highest BCUT2D eigenvalue weighted by atomic mass is 35.5. The van der Waals surface area contributed by atoms with Crippen molar-refractivity contribution in [1.29, 1.82) is 0 Å². The average molecular weight is 138 g/mol. The lowest BCUT2D eigenvalue weighted by Gasteiger charge is -1.95. The Morgan fingerprint density at radius 1 is 1.88 bits per heavy atom. The van der Waals surface area contributed by atoms with E-state index < -0.39 is 0 Å². The standard InChI is InChI=1S/C4H8ClNO2/c1-8-4(7)2-6-3-5/h6H,2-3H2,1H3. The maximum absolute atomic E-state index is 10.2. The molecule has 0 aromatic rings. The molecule has 0 rings (SSSR count). The van der Waals surface area contributed by atoms with Crippen molar-refractivity contribution in [1.82, 2.24) is 5.32 Å². The summed E-state index contributed by atoms with van der Waals surface area (Å²) in [6, 6.07) is 0.273. The summed E-state index contributed by atoms with van der Waals surface area (Å²) in [5, 5.41) is 2.59. The van der Waals surface area contributed by atoms with Crippen molar-refractivity contribution in [3.63, 3.8) is 0 Å². The Hall–Kier alpha value is -0.280. The molecule has 0 heterocycles. The van der Waals surface area contributed by atoms with E-state index in [9.17, 15) is 4.79 Å². The molecule has 0 unspecified atom stereocenters. The third-order valence-electron chi connectivity index (χ3n) is 0.591. The monoisotopic (exact) mass is 137 g/mol. The minimum Gasteiger partial charge on any atom is -0.468 e. The molecule has 0 fully saturated rings. The molecule has 0 aromatic carbocycles. The summed E-state index contributed by atoms with van der Waals surface area (Å²) in [7, 11) is 1.33. The maximum atomic E-state index is 10.2. The van der Waals surface area contributed by atoms with Crippen molar-refractivity contribution in [2.24, 2.45) is 0 Å². The van der Waals surface area contributed by atoms with Crippen LogP contribution in [-0.2, 0) is 9.53 Å². The number of hydrogen-bond donors (Lipinski definition) is 1. The predicted octanol–water partition coefficient (Wildman–Crippen LogP) is -0.0547. The van der Waals surface area contributed by atoms with Crippen molar-refractivity contribution in [2.45, 2.75) is 0 Å². The van der Waals surface area contributed by atoms with Crippen LogP contribution in [0.3, 0.4) is 0 Å². The zero-order valence-corrected chi connectivity index (χ0v) is 5.36. The van der Waals surface area contributed by atoms with Crippen LogP contribution in [0.25, 0.3) is 0 Å².